The molecule has 0 amide bonds. The Morgan fingerprint density at radius 1 is 1.67 bits per heavy atom. The third-order valence-corrected chi connectivity index (χ3v) is 2.85. The van der Waals surface area contributed by atoms with Gasteiger partial charge in [-0.3, -0.25) is 4.79 Å². The molecule has 1 unspecified atom stereocenters. The quantitative estimate of drug-likeness (QED) is 0.793. The molecule has 1 aromatic carbocycles. The van der Waals surface area contributed by atoms with Crippen molar-refractivity contribution in [3.63, 3.8) is 0 Å². The van der Waals surface area contributed by atoms with Crippen molar-refractivity contribution >= 4 is 33.3 Å². The number of carbonyl (C=O) groups excluding carboxylic acids is 1. The van der Waals surface area contributed by atoms with Gasteiger partial charge in [0.2, 0.25) is 6.86 Å². The number of benzene rings is 1. The molecule has 1 rings (SSSR count). The molecule has 0 aliphatic rings. The second-order valence-corrected chi connectivity index (χ2v) is 4.26. The van der Waals surface area contributed by atoms with Crippen molar-refractivity contribution in [2.75, 3.05) is 6.86 Å². The zero-order chi connectivity index (χ0) is 11.4. The predicted octanol–water partition coefficient (Wildman–Crippen LogP) is 3.62. The van der Waals surface area contributed by atoms with Gasteiger partial charge in [-0.1, -0.05) is 15.9 Å². The summed E-state index contributed by atoms with van der Waals surface area (Å²) in [6.07, 6.45) is 0. The summed E-state index contributed by atoms with van der Waals surface area (Å²) in [5.41, 5.74) is 0.469. The van der Waals surface area contributed by atoms with Crippen LogP contribution < -0.4 is 4.74 Å². The Labute approximate surface area is 101 Å². The smallest absolute Gasteiger partial charge is 0.228 e. The van der Waals surface area contributed by atoms with E-state index in [4.69, 9.17) is 16.3 Å². The zero-order valence-electron chi connectivity index (χ0n) is 7.97. The number of hydrogen-bond donors (Lipinski definition) is 0. The molecule has 0 saturated heterocycles. The summed E-state index contributed by atoms with van der Waals surface area (Å²) in [4.78, 5) is 11.1. The molecular formula is C10H9BrClFO2. The second kappa shape index (κ2) is 5.47. The van der Waals surface area contributed by atoms with Crippen LogP contribution in [0, 0.1) is 0 Å². The van der Waals surface area contributed by atoms with Gasteiger partial charge in [0.05, 0.1) is 0 Å². The van der Waals surface area contributed by atoms with Crippen molar-refractivity contribution in [3.8, 4) is 5.75 Å². The van der Waals surface area contributed by atoms with E-state index in [1.807, 2.05) is 0 Å². The van der Waals surface area contributed by atoms with E-state index in [9.17, 15) is 9.18 Å². The van der Waals surface area contributed by atoms with Gasteiger partial charge in [-0.25, -0.2) is 4.39 Å². The molecule has 0 bridgehead atoms. The van der Waals surface area contributed by atoms with Gasteiger partial charge in [0.25, 0.3) is 0 Å². The maximum absolute atomic E-state index is 12.1. The van der Waals surface area contributed by atoms with Crippen molar-refractivity contribution in [2.24, 2.45) is 0 Å². The first kappa shape index (κ1) is 12.5. The first-order valence-corrected chi connectivity index (χ1v) is 5.42. The van der Waals surface area contributed by atoms with Crippen LogP contribution >= 0.6 is 27.5 Å². The van der Waals surface area contributed by atoms with Crippen molar-refractivity contribution in [2.45, 2.75) is 12.3 Å². The molecule has 82 valence electrons. The average molecular weight is 296 g/mol. The normalized spacial score (nSPS) is 12.3. The molecule has 0 aliphatic heterocycles. The van der Waals surface area contributed by atoms with Crippen LogP contribution in [0.4, 0.5) is 4.39 Å². The fourth-order valence-electron chi connectivity index (χ4n) is 1.13. The number of rotatable bonds is 4. The van der Waals surface area contributed by atoms with Crippen LogP contribution in [0.1, 0.15) is 17.9 Å². The highest BCUT2D eigenvalue weighted by molar-refractivity contribution is 9.10. The lowest BCUT2D eigenvalue weighted by atomic mass is 10.1. The largest absolute Gasteiger partial charge is 0.463 e. The molecule has 0 aromatic heterocycles. The number of carbonyl (C=O) groups is 1. The maximum Gasteiger partial charge on any atom is 0.228 e. The van der Waals surface area contributed by atoms with E-state index in [0.717, 1.165) is 4.47 Å². The number of ether oxygens (including phenoxy) is 1. The lowest BCUT2D eigenvalue weighted by molar-refractivity contribution is -0.116. The monoisotopic (exact) mass is 294 g/mol. The highest BCUT2D eigenvalue weighted by Gasteiger charge is 2.18. The molecule has 0 fully saturated rings. The molecule has 0 spiro atoms. The van der Waals surface area contributed by atoms with E-state index in [-0.39, 0.29) is 11.5 Å². The summed E-state index contributed by atoms with van der Waals surface area (Å²) in [6, 6.07) is 4.90. The molecule has 0 N–H and O–H groups in total. The SMILES string of the molecule is CC(=O)C(Cl)c1cc(Br)ccc1OCF. The van der Waals surface area contributed by atoms with Gasteiger partial charge < -0.3 is 4.74 Å². The molecule has 0 radical (unpaired) electrons. The zero-order valence-corrected chi connectivity index (χ0v) is 10.3. The minimum absolute atomic E-state index is 0.210. The highest BCUT2D eigenvalue weighted by Crippen LogP contribution is 2.32. The lowest BCUT2D eigenvalue weighted by Crippen LogP contribution is -2.05. The Kier molecular flexibility index (Phi) is 4.54. The van der Waals surface area contributed by atoms with Crippen molar-refractivity contribution < 1.29 is 13.9 Å². The topological polar surface area (TPSA) is 26.3 Å². The van der Waals surface area contributed by atoms with E-state index < -0.39 is 12.2 Å². The summed E-state index contributed by atoms with van der Waals surface area (Å²) in [5, 5.41) is -0.816. The number of hydrogen-bond acceptors (Lipinski definition) is 2. The Hall–Kier alpha value is -0.610. The first-order valence-electron chi connectivity index (χ1n) is 4.19. The summed E-state index contributed by atoms with van der Waals surface area (Å²) < 4.78 is 17.6. The molecule has 0 heterocycles. The maximum atomic E-state index is 12.1. The number of alkyl halides is 2. The van der Waals surface area contributed by atoms with Crippen LogP contribution in [-0.2, 0) is 4.79 Å². The molecule has 0 aliphatic carbocycles. The Morgan fingerprint density at radius 2 is 2.33 bits per heavy atom. The number of halogens is 3. The van der Waals surface area contributed by atoms with Crippen LogP contribution in [-0.4, -0.2) is 12.6 Å². The lowest BCUT2D eigenvalue weighted by Gasteiger charge is -2.12. The van der Waals surface area contributed by atoms with E-state index >= 15 is 0 Å². The molecule has 1 atom stereocenters. The summed E-state index contributed by atoms with van der Waals surface area (Å²) in [6.45, 7) is 0.425. The van der Waals surface area contributed by atoms with Crippen LogP contribution in [0.5, 0.6) is 5.75 Å². The van der Waals surface area contributed by atoms with Crippen molar-refractivity contribution in [3.05, 3.63) is 28.2 Å². The Balaban J connectivity index is 3.11. The fourth-order valence-corrected chi connectivity index (χ4v) is 1.68. The third kappa shape index (κ3) is 3.18. The van der Waals surface area contributed by atoms with Gasteiger partial charge in [0.15, 0.2) is 5.78 Å². The van der Waals surface area contributed by atoms with E-state index in [1.165, 1.54) is 6.92 Å². The third-order valence-electron chi connectivity index (χ3n) is 1.81. The fraction of sp³-hybridized carbons (Fsp3) is 0.300. The van der Waals surface area contributed by atoms with Crippen LogP contribution in [0.3, 0.4) is 0 Å². The molecule has 1 aromatic rings. The average Bonchev–Trinajstić information content (AvgIpc) is 2.20. The van der Waals surface area contributed by atoms with Crippen molar-refractivity contribution in [1.29, 1.82) is 0 Å². The second-order valence-electron chi connectivity index (χ2n) is 2.91. The summed E-state index contributed by atoms with van der Waals surface area (Å²) >= 11 is 9.13. The van der Waals surface area contributed by atoms with E-state index in [0.29, 0.717) is 5.56 Å². The van der Waals surface area contributed by atoms with Crippen LogP contribution in [0.25, 0.3) is 0 Å². The molecule has 5 heteroatoms. The van der Waals surface area contributed by atoms with E-state index in [2.05, 4.69) is 15.9 Å². The molecule has 15 heavy (non-hydrogen) atoms. The van der Waals surface area contributed by atoms with Gasteiger partial charge in [-0.15, -0.1) is 11.6 Å². The van der Waals surface area contributed by atoms with Gasteiger partial charge in [0, 0.05) is 10.0 Å². The first-order chi connectivity index (χ1) is 7.06. The van der Waals surface area contributed by atoms with Gasteiger partial charge >= 0.3 is 0 Å². The van der Waals surface area contributed by atoms with E-state index in [1.54, 1.807) is 18.2 Å². The van der Waals surface area contributed by atoms with Gasteiger partial charge in [-0.2, -0.15) is 0 Å². The summed E-state index contributed by atoms with van der Waals surface area (Å²) in [5.74, 6) is 0.0781. The highest BCUT2D eigenvalue weighted by atomic mass is 79.9. The molecule has 2 nitrogen and oxygen atoms in total. The molecule has 0 saturated carbocycles. The summed E-state index contributed by atoms with van der Waals surface area (Å²) in [7, 11) is 0. The van der Waals surface area contributed by atoms with Crippen LogP contribution in [0.15, 0.2) is 22.7 Å². The number of ketones is 1. The standard InChI is InChI=1S/C10H9BrClFO2/c1-6(14)10(12)8-4-7(11)2-3-9(8)15-5-13/h2-4,10H,5H2,1H3. The van der Waals surface area contributed by atoms with Crippen LogP contribution in [0.2, 0.25) is 0 Å². The predicted molar refractivity (Wildman–Crippen MR) is 60.0 cm³/mol. The minimum Gasteiger partial charge on any atom is -0.463 e. The van der Waals surface area contributed by atoms with Crippen molar-refractivity contribution in [1.82, 2.24) is 0 Å². The minimum atomic E-state index is -0.948. The molecular weight excluding hydrogens is 286 g/mol. The Bertz CT molecular complexity index is 370. The number of Topliss-reactive ketones (excluding diaryl/α,β-unsaturated/α-hetero) is 1. The van der Waals surface area contributed by atoms with Gasteiger partial charge in [0.1, 0.15) is 11.1 Å². The Morgan fingerprint density at radius 3 is 2.87 bits per heavy atom. The van der Waals surface area contributed by atoms with Gasteiger partial charge in [-0.05, 0) is 25.1 Å².